The van der Waals surface area contributed by atoms with E-state index < -0.39 is 23.5 Å². The summed E-state index contributed by atoms with van der Waals surface area (Å²) in [6, 6.07) is -0.339. The molecule has 2 saturated heterocycles. The number of nitrogens with zero attached hydrogens (tertiary/aromatic N) is 1. The second kappa shape index (κ2) is 12.1. The normalized spacial score (nSPS) is 35.2. The largest absolute Gasteiger partial charge is 0.449 e. The Morgan fingerprint density at radius 2 is 2.03 bits per heavy atom. The average molecular weight is 529 g/mol. The molecule has 7 unspecified atom stereocenters. The van der Waals surface area contributed by atoms with Crippen molar-refractivity contribution in [2.45, 2.75) is 116 Å². The zero-order valence-corrected chi connectivity index (χ0v) is 23.6. The minimum atomic E-state index is -1.24. The molecule has 0 spiro atoms. The number of ketones is 1. The van der Waals surface area contributed by atoms with Crippen molar-refractivity contribution in [1.82, 2.24) is 10.3 Å². The lowest BCUT2D eigenvalue weighted by molar-refractivity contribution is -0.144. The van der Waals surface area contributed by atoms with Crippen LogP contribution in [0.5, 0.6) is 0 Å². The van der Waals surface area contributed by atoms with Gasteiger partial charge in [-0.25, -0.2) is 4.98 Å². The molecule has 0 saturated carbocycles. The number of aryl methyl sites for hydroxylation is 1. The number of aliphatic hydroxyl groups excluding tert-OH is 2. The fraction of sp³-hybridized carbons (Fsp3) is 0.700. The number of carbonyl (C=O) groups is 2. The summed E-state index contributed by atoms with van der Waals surface area (Å²) in [5.74, 6) is 1.64. The maximum Gasteiger partial charge on any atom is 0.223 e. The van der Waals surface area contributed by atoms with Gasteiger partial charge in [-0.05, 0) is 50.7 Å². The zero-order chi connectivity index (χ0) is 28.3. The van der Waals surface area contributed by atoms with E-state index in [1.165, 1.54) is 0 Å². The minimum Gasteiger partial charge on any atom is -0.449 e. The van der Waals surface area contributed by atoms with E-state index in [9.17, 15) is 19.8 Å². The molecule has 3 heterocycles. The van der Waals surface area contributed by atoms with Gasteiger partial charge in [0, 0.05) is 25.7 Å². The Morgan fingerprint density at radius 1 is 1.32 bits per heavy atom. The standard InChI is InChI=1S/C30H44N2O6/c1-8-9-12-22-27(35)18(2)11-10-13-30(7)25(38-30)15-23(19(3)14-21-17-37-20(4)31-21)32-26(34)16-24(33)29(5,6)28(22)36/h1,14,17-18,22-25,27,33,35H,9-13,15-16H2,2-7H3,(H,32,34). The van der Waals surface area contributed by atoms with Crippen molar-refractivity contribution in [2.24, 2.45) is 17.3 Å². The third kappa shape index (κ3) is 7.13. The monoisotopic (exact) mass is 528 g/mol. The van der Waals surface area contributed by atoms with Crippen LogP contribution in [0.4, 0.5) is 0 Å². The highest BCUT2D eigenvalue weighted by atomic mass is 16.6. The molecule has 0 aromatic carbocycles. The number of hydrogen-bond donors (Lipinski definition) is 3. The number of ether oxygens (including phenoxy) is 1. The van der Waals surface area contributed by atoms with Crippen molar-refractivity contribution in [2.75, 3.05) is 0 Å². The van der Waals surface area contributed by atoms with Crippen LogP contribution in [0, 0.1) is 36.5 Å². The predicted molar refractivity (Wildman–Crippen MR) is 145 cm³/mol. The number of epoxide rings is 1. The molecule has 8 nitrogen and oxygen atoms in total. The van der Waals surface area contributed by atoms with Gasteiger partial charge in [-0.2, -0.15) is 0 Å². The van der Waals surface area contributed by atoms with Gasteiger partial charge in [0.25, 0.3) is 0 Å². The van der Waals surface area contributed by atoms with Gasteiger partial charge in [-0.1, -0.05) is 27.2 Å². The summed E-state index contributed by atoms with van der Waals surface area (Å²) < 4.78 is 11.4. The highest BCUT2D eigenvalue weighted by Gasteiger charge is 2.52. The van der Waals surface area contributed by atoms with E-state index in [2.05, 4.69) is 23.1 Å². The minimum absolute atomic E-state index is 0.0327. The van der Waals surface area contributed by atoms with Crippen molar-refractivity contribution in [1.29, 1.82) is 0 Å². The van der Waals surface area contributed by atoms with Gasteiger partial charge in [0.2, 0.25) is 5.91 Å². The number of amides is 1. The highest BCUT2D eigenvalue weighted by Crippen LogP contribution is 2.44. The van der Waals surface area contributed by atoms with E-state index in [4.69, 9.17) is 15.6 Å². The summed E-state index contributed by atoms with van der Waals surface area (Å²) in [5, 5.41) is 25.3. The number of fused-ring (bicyclic) bond motifs is 1. The lowest BCUT2D eigenvalue weighted by atomic mass is 9.71. The molecule has 38 heavy (non-hydrogen) atoms. The maximum absolute atomic E-state index is 13.7. The van der Waals surface area contributed by atoms with Crippen LogP contribution < -0.4 is 5.32 Å². The molecule has 8 heteroatoms. The van der Waals surface area contributed by atoms with Crippen LogP contribution in [-0.2, 0) is 14.3 Å². The van der Waals surface area contributed by atoms with E-state index in [0.29, 0.717) is 30.8 Å². The number of carbonyl (C=O) groups excluding carboxylic acids is 2. The van der Waals surface area contributed by atoms with Gasteiger partial charge in [-0.15, -0.1) is 12.3 Å². The molecule has 210 valence electrons. The molecule has 2 aliphatic rings. The van der Waals surface area contributed by atoms with E-state index in [0.717, 1.165) is 24.8 Å². The second-order valence-corrected chi connectivity index (χ2v) is 12.0. The predicted octanol–water partition coefficient (Wildman–Crippen LogP) is 3.98. The summed E-state index contributed by atoms with van der Waals surface area (Å²) in [6.07, 6.45) is 10.2. The van der Waals surface area contributed by atoms with Gasteiger partial charge in [0.1, 0.15) is 17.7 Å². The van der Waals surface area contributed by atoms with Crippen LogP contribution in [-0.4, -0.2) is 56.8 Å². The van der Waals surface area contributed by atoms with Crippen LogP contribution in [0.1, 0.15) is 91.1 Å². The fourth-order valence-corrected chi connectivity index (χ4v) is 5.53. The molecule has 0 radical (unpaired) electrons. The molecule has 1 amide bonds. The van der Waals surface area contributed by atoms with Crippen LogP contribution in [0.3, 0.4) is 0 Å². The first-order valence-electron chi connectivity index (χ1n) is 13.7. The molecule has 7 atom stereocenters. The van der Waals surface area contributed by atoms with Crippen LogP contribution in [0.2, 0.25) is 0 Å². The fourth-order valence-electron chi connectivity index (χ4n) is 5.53. The molecular weight excluding hydrogens is 484 g/mol. The van der Waals surface area contributed by atoms with Crippen molar-refractivity contribution < 1.29 is 29.0 Å². The highest BCUT2D eigenvalue weighted by molar-refractivity contribution is 5.88. The molecule has 3 N–H and O–H groups in total. The van der Waals surface area contributed by atoms with E-state index >= 15 is 0 Å². The number of terminal acetylenes is 1. The average Bonchev–Trinajstić information content (AvgIpc) is 3.29. The van der Waals surface area contributed by atoms with E-state index in [1.807, 2.05) is 19.9 Å². The molecule has 1 aromatic rings. The Labute approximate surface area is 226 Å². The Balaban J connectivity index is 1.88. The third-order valence-electron chi connectivity index (χ3n) is 8.49. The van der Waals surface area contributed by atoms with E-state index in [1.54, 1.807) is 27.0 Å². The smallest absolute Gasteiger partial charge is 0.223 e. The number of Topliss-reactive ketones (excluding diaryl/α,β-unsaturated/α-hetero) is 1. The Hall–Kier alpha value is -2.47. The topological polar surface area (TPSA) is 125 Å². The van der Waals surface area contributed by atoms with Crippen molar-refractivity contribution in [3.63, 3.8) is 0 Å². The lowest BCUT2D eigenvalue weighted by Crippen LogP contribution is -2.48. The molecule has 0 bridgehead atoms. The maximum atomic E-state index is 13.7. The summed E-state index contributed by atoms with van der Waals surface area (Å²) in [5.41, 5.74) is 0.000580. The number of aromatic nitrogens is 1. The first kappa shape index (κ1) is 30.1. The van der Waals surface area contributed by atoms with Crippen molar-refractivity contribution in [3.05, 3.63) is 23.4 Å². The molecule has 2 aliphatic heterocycles. The molecule has 2 fully saturated rings. The summed E-state index contributed by atoms with van der Waals surface area (Å²) in [6.45, 7) is 11.0. The summed E-state index contributed by atoms with van der Waals surface area (Å²) in [4.78, 5) is 31.2. The molecular formula is C30H44N2O6. The SMILES string of the molecule is C#CCCC1C(=O)C(C)(C)C(O)CC(=O)NC(C(C)=Cc2coc(C)n2)CC2OC2(C)CCCC(C)C1O. The Bertz CT molecular complexity index is 1070. The molecule has 0 aliphatic carbocycles. The van der Waals surface area contributed by atoms with Gasteiger partial charge in [0.05, 0.1) is 41.8 Å². The molecule has 3 rings (SSSR count). The van der Waals surface area contributed by atoms with Crippen LogP contribution in [0.15, 0.2) is 16.3 Å². The summed E-state index contributed by atoms with van der Waals surface area (Å²) >= 11 is 0. The van der Waals surface area contributed by atoms with Crippen molar-refractivity contribution in [3.8, 4) is 12.3 Å². The Morgan fingerprint density at radius 3 is 2.66 bits per heavy atom. The van der Waals surface area contributed by atoms with Gasteiger partial charge in [0.15, 0.2) is 5.89 Å². The van der Waals surface area contributed by atoms with Crippen LogP contribution in [0.25, 0.3) is 6.08 Å². The summed E-state index contributed by atoms with van der Waals surface area (Å²) in [7, 11) is 0. The zero-order valence-electron chi connectivity index (χ0n) is 23.6. The lowest BCUT2D eigenvalue weighted by Gasteiger charge is -2.36. The quantitative estimate of drug-likeness (QED) is 0.399. The van der Waals surface area contributed by atoms with Crippen LogP contribution >= 0.6 is 0 Å². The van der Waals surface area contributed by atoms with Gasteiger partial charge >= 0.3 is 0 Å². The van der Waals surface area contributed by atoms with Crippen molar-refractivity contribution >= 4 is 17.8 Å². The number of nitrogens with one attached hydrogen (secondary N) is 1. The third-order valence-corrected chi connectivity index (χ3v) is 8.49. The van der Waals surface area contributed by atoms with Gasteiger partial charge < -0.3 is 24.7 Å². The number of oxazole rings is 1. The van der Waals surface area contributed by atoms with Gasteiger partial charge in [-0.3, -0.25) is 9.59 Å². The number of aliphatic hydroxyl groups is 2. The second-order valence-electron chi connectivity index (χ2n) is 12.0. The number of rotatable bonds is 4. The first-order chi connectivity index (χ1) is 17.8. The first-order valence-corrected chi connectivity index (χ1v) is 13.7. The molecule has 1 aromatic heterocycles. The number of hydrogen-bond acceptors (Lipinski definition) is 7. The Kier molecular flexibility index (Phi) is 9.62. The van der Waals surface area contributed by atoms with E-state index in [-0.39, 0.29) is 41.8 Å².